The zero-order valence-corrected chi connectivity index (χ0v) is 15.4. The highest BCUT2D eigenvalue weighted by atomic mass is 16.3. The number of hydrogen-bond donors (Lipinski definition) is 3. The zero-order valence-electron chi connectivity index (χ0n) is 15.4. The molecule has 2 aromatic carbocycles. The molecule has 0 aliphatic heterocycles. The number of carbonyl (C=O) groups is 1. The Hall–Kier alpha value is -3.08. The number of phenolic OH excluding ortho intramolecular Hbond substituents is 1. The summed E-state index contributed by atoms with van der Waals surface area (Å²) in [7, 11) is 0. The van der Waals surface area contributed by atoms with Crippen LogP contribution in [0.4, 0.5) is 5.69 Å². The van der Waals surface area contributed by atoms with Gasteiger partial charge in [-0.15, -0.1) is 0 Å². The van der Waals surface area contributed by atoms with Crippen molar-refractivity contribution >= 4 is 22.5 Å². The number of hydrogen-bond acceptors (Lipinski definition) is 3. The summed E-state index contributed by atoms with van der Waals surface area (Å²) in [6, 6.07) is 10.6. The molecular weight excluding hydrogens is 340 g/mol. The third-order valence-corrected chi connectivity index (χ3v) is 5.72. The molecule has 1 aliphatic carbocycles. The van der Waals surface area contributed by atoms with Crippen molar-refractivity contribution in [3.8, 4) is 5.75 Å². The first kappa shape index (κ1) is 17.3. The average Bonchev–Trinajstić information content (AvgIpc) is 2.63. The van der Waals surface area contributed by atoms with Gasteiger partial charge in [-0.3, -0.25) is 9.59 Å². The monoisotopic (exact) mass is 362 g/mol. The second kappa shape index (κ2) is 6.27. The van der Waals surface area contributed by atoms with Gasteiger partial charge in [0.05, 0.1) is 0 Å². The van der Waals surface area contributed by atoms with Crippen molar-refractivity contribution in [2.24, 2.45) is 0 Å². The molecular formula is C22H22N2O3. The van der Waals surface area contributed by atoms with E-state index in [1.807, 2.05) is 19.1 Å². The van der Waals surface area contributed by atoms with E-state index in [2.05, 4.69) is 17.2 Å². The molecule has 138 valence electrons. The molecule has 1 aromatic heterocycles. The highest BCUT2D eigenvalue weighted by Gasteiger charge is 2.36. The minimum Gasteiger partial charge on any atom is -0.508 e. The van der Waals surface area contributed by atoms with Gasteiger partial charge >= 0.3 is 0 Å². The van der Waals surface area contributed by atoms with Crippen LogP contribution in [-0.4, -0.2) is 16.0 Å². The lowest BCUT2D eigenvalue weighted by Gasteiger charge is -2.40. The van der Waals surface area contributed by atoms with Gasteiger partial charge in [-0.25, -0.2) is 0 Å². The first-order valence-electron chi connectivity index (χ1n) is 9.15. The van der Waals surface area contributed by atoms with Crippen molar-refractivity contribution in [2.45, 2.75) is 38.5 Å². The van der Waals surface area contributed by atoms with E-state index >= 15 is 0 Å². The van der Waals surface area contributed by atoms with Gasteiger partial charge in [0.1, 0.15) is 11.3 Å². The largest absolute Gasteiger partial charge is 0.508 e. The molecule has 0 spiro atoms. The molecule has 1 fully saturated rings. The second-order valence-electron chi connectivity index (χ2n) is 7.63. The number of benzene rings is 2. The van der Waals surface area contributed by atoms with Gasteiger partial charge in [0.15, 0.2) is 0 Å². The summed E-state index contributed by atoms with van der Waals surface area (Å²) in [5.41, 5.74) is 2.77. The normalized spacial score (nSPS) is 15.3. The van der Waals surface area contributed by atoms with E-state index in [0.29, 0.717) is 16.6 Å². The van der Waals surface area contributed by atoms with Crippen LogP contribution in [0.1, 0.15) is 47.7 Å². The highest BCUT2D eigenvalue weighted by molar-refractivity contribution is 6.06. The fourth-order valence-electron chi connectivity index (χ4n) is 3.80. The maximum absolute atomic E-state index is 12.8. The van der Waals surface area contributed by atoms with Crippen LogP contribution in [0.2, 0.25) is 0 Å². The van der Waals surface area contributed by atoms with Crippen LogP contribution in [0.3, 0.4) is 0 Å². The van der Waals surface area contributed by atoms with E-state index in [1.165, 1.54) is 6.20 Å². The van der Waals surface area contributed by atoms with Gasteiger partial charge in [-0.05, 0) is 54.5 Å². The smallest absolute Gasteiger partial charge is 0.261 e. The molecule has 0 unspecified atom stereocenters. The van der Waals surface area contributed by atoms with Crippen molar-refractivity contribution in [3.05, 3.63) is 69.5 Å². The third kappa shape index (κ3) is 2.89. The molecule has 5 heteroatoms. The van der Waals surface area contributed by atoms with Gasteiger partial charge < -0.3 is 15.4 Å². The first-order chi connectivity index (χ1) is 12.9. The molecule has 0 atom stereocenters. The number of aryl methyl sites for hydroxylation is 1. The van der Waals surface area contributed by atoms with Crippen molar-refractivity contribution in [3.63, 3.8) is 0 Å². The van der Waals surface area contributed by atoms with Crippen molar-refractivity contribution < 1.29 is 9.90 Å². The molecule has 5 nitrogen and oxygen atoms in total. The summed E-state index contributed by atoms with van der Waals surface area (Å²) in [6.07, 6.45) is 4.67. The molecule has 0 saturated heterocycles. The predicted octanol–water partition coefficient (Wildman–Crippen LogP) is 4.24. The van der Waals surface area contributed by atoms with E-state index in [-0.39, 0.29) is 22.2 Å². The number of amides is 1. The number of rotatable bonds is 3. The summed E-state index contributed by atoms with van der Waals surface area (Å²) in [5, 5.41) is 13.5. The van der Waals surface area contributed by atoms with E-state index in [9.17, 15) is 14.7 Å². The van der Waals surface area contributed by atoms with Gasteiger partial charge in [0.2, 0.25) is 5.43 Å². The topological polar surface area (TPSA) is 82.2 Å². The number of anilines is 1. The van der Waals surface area contributed by atoms with Gasteiger partial charge in [-0.1, -0.05) is 25.5 Å². The van der Waals surface area contributed by atoms with Crippen LogP contribution >= 0.6 is 0 Å². The Bertz CT molecular complexity index is 1110. The molecule has 27 heavy (non-hydrogen) atoms. The number of phenols is 1. The first-order valence-corrected chi connectivity index (χ1v) is 9.15. The van der Waals surface area contributed by atoms with Crippen LogP contribution in [0, 0.1) is 6.92 Å². The number of fused-ring (bicyclic) bond motifs is 1. The molecule has 0 radical (unpaired) electrons. The minimum absolute atomic E-state index is 0.0170. The molecule has 1 saturated carbocycles. The summed E-state index contributed by atoms with van der Waals surface area (Å²) in [6.45, 7) is 4.02. The summed E-state index contributed by atoms with van der Waals surface area (Å²) >= 11 is 0. The van der Waals surface area contributed by atoms with Crippen molar-refractivity contribution in [1.82, 2.24) is 4.98 Å². The SMILES string of the molecule is Cc1cc(C2(C)CCC2)c(NC(=O)c2c[nH]c3ccccc3c2=O)cc1O. The Morgan fingerprint density at radius 1 is 1.22 bits per heavy atom. The Morgan fingerprint density at radius 3 is 2.67 bits per heavy atom. The number of carbonyl (C=O) groups excluding carboxylic acids is 1. The zero-order chi connectivity index (χ0) is 19.2. The Labute approximate surface area is 157 Å². The fourth-order valence-corrected chi connectivity index (χ4v) is 3.80. The third-order valence-electron chi connectivity index (χ3n) is 5.72. The van der Waals surface area contributed by atoms with E-state index < -0.39 is 5.91 Å². The van der Waals surface area contributed by atoms with Crippen LogP contribution in [0.5, 0.6) is 5.75 Å². The second-order valence-corrected chi connectivity index (χ2v) is 7.63. The van der Waals surface area contributed by atoms with Gasteiger partial charge in [0, 0.05) is 28.9 Å². The number of nitrogens with one attached hydrogen (secondary N) is 2. The van der Waals surface area contributed by atoms with Gasteiger partial charge in [0.25, 0.3) is 5.91 Å². The lowest BCUT2D eigenvalue weighted by atomic mass is 9.65. The van der Waals surface area contributed by atoms with Crippen LogP contribution in [-0.2, 0) is 5.41 Å². The average molecular weight is 362 g/mol. The molecule has 1 heterocycles. The van der Waals surface area contributed by atoms with Crippen molar-refractivity contribution in [2.75, 3.05) is 5.32 Å². The highest BCUT2D eigenvalue weighted by Crippen LogP contribution is 2.47. The van der Waals surface area contributed by atoms with Crippen molar-refractivity contribution in [1.29, 1.82) is 0 Å². The van der Waals surface area contributed by atoms with E-state index in [4.69, 9.17) is 0 Å². The number of aromatic nitrogens is 1. The van der Waals surface area contributed by atoms with Crippen LogP contribution in [0.25, 0.3) is 10.9 Å². The van der Waals surface area contributed by atoms with E-state index in [0.717, 1.165) is 30.4 Å². The molecule has 3 aromatic rings. The van der Waals surface area contributed by atoms with Crippen LogP contribution in [0.15, 0.2) is 47.4 Å². The molecule has 3 N–H and O–H groups in total. The quantitative estimate of drug-likeness (QED) is 0.652. The van der Waals surface area contributed by atoms with Gasteiger partial charge in [-0.2, -0.15) is 0 Å². The lowest BCUT2D eigenvalue weighted by Crippen LogP contribution is -2.32. The molecule has 1 aliphatic rings. The molecule has 0 bridgehead atoms. The summed E-state index contributed by atoms with van der Waals surface area (Å²) in [5.74, 6) is -0.348. The lowest BCUT2D eigenvalue weighted by molar-refractivity contribution is 0.102. The maximum atomic E-state index is 12.8. The number of aromatic hydroxyl groups is 1. The Balaban J connectivity index is 1.75. The number of pyridine rings is 1. The summed E-state index contributed by atoms with van der Waals surface area (Å²) in [4.78, 5) is 28.6. The molecule has 1 amide bonds. The fraction of sp³-hybridized carbons (Fsp3) is 0.273. The predicted molar refractivity (Wildman–Crippen MR) is 107 cm³/mol. The summed E-state index contributed by atoms with van der Waals surface area (Å²) < 4.78 is 0. The van der Waals surface area contributed by atoms with E-state index in [1.54, 1.807) is 24.3 Å². The number of H-pyrrole nitrogens is 1. The number of para-hydroxylation sites is 1. The Morgan fingerprint density at radius 2 is 1.96 bits per heavy atom. The van der Waals surface area contributed by atoms with Crippen LogP contribution < -0.4 is 10.7 Å². The standard InChI is InChI=1S/C22H22N2O3/c1-13-10-16(22(2)8-5-9-22)18(11-19(13)25)24-21(27)15-12-23-17-7-4-3-6-14(17)20(15)26/h3-4,6-7,10-12,25H,5,8-9H2,1-2H3,(H,23,26)(H,24,27). The Kier molecular flexibility index (Phi) is 4.02. The minimum atomic E-state index is -0.477. The number of aromatic amines is 1. The molecule has 4 rings (SSSR count). The maximum Gasteiger partial charge on any atom is 0.261 e.